The first-order valence-corrected chi connectivity index (χ1v) is 23.3. The molecule has 1 amide bonds. The molecule has 15 nitrogen and oxygen atoms in total. The molecule has 2 N–H and O–H groups in total. The highest BCUT2D eigenvalue weighted by Crippen LogP contribution is 2.48. The second-order valence-corrected chi connectivity index (χ2v) is 19.2. The molecule has 2 aliphatic heterocycles. The maximum Gasteiger partial charge on any atom is 0.407 e. The molecule has 5 atom stereocenters. The second-order valence-electron chi connectivity index (χ2n) is 15.2. The van der Waals surface area contributed by atoms with Crippen molar-refractivity contribution in [3.63, 3.8) is 0 Å². The first-order chi connectivity index (χ1) is 27.2. The highest BCUT2D eigenvalue weighted by atomic mass is 32.2. The maximum absolute atomic E-state index is 14.2. The van der Waals surface area contributed by atoms with Crippen LogP contribution in [0.4, 0.5) is 4.79 Å². The SMILES string of the molecule is CCCCOP(=O)(COc1ccc(S(=O)(=O)N(CC(C)C)C[C@@H](O)[C@H](Cc2ccc(OCCN(C)C)cc2)NC(=O)OC2CO[C@H]3OCC[C@@H]23)cc1)OCCCC. The van der Waals surface area contributed by atoms with E-state index in [1.807, 2.05) is 71.0 Å². The smallest absolute Gasteiger partial charge is 0.407 e. The molecule has 2 aromatic carbocycles. The van der Waals surface area contributed by atoms with Gasteiger partial charge in [0.2, 0.25) is 10.0 Å². The van der Waals surface area contributed by atoms with Crippen molar-refractivity contribution in [2.45, 2.75) is 95.7 Å². The molecular formula is C40H64N3O12PS. The Labute approximate surface area is 339 Å². The summed E-state index contributed by atoms with van der Waals surface area (Å²) < 4.78 is 82.7. The number of likely N-dealkylation sites (N-methyl/N-ethyl adjacent to an activating group) is 1. The third-order valence-electron chi connectivity index (χ3n) is 9.58. The fraction of sp³-hybridized carbons (Fsp3) is 0.675. The summed E-state index contributed by atoms with van der Waals surface area (Å²) in [6.07, 6.45) is 0.769. The van der Waals surface area contributed by atoms with Crippen LogP contribution in [0.2, 0.25) is 0 Å². The van der Waals surface area contributed by atoms with Crippen LogP contribution in [-0.2, 0) is 44.3 Å². The van der Waals surface area contributed by atoms with E-state index in [1.165, 1.54) is 28.6 Å². The summed E-state index contributed by atoms with van der Waals surface area (Å²) >= 11 is 0. The lowest BCUT2D eigenvalue weighted by Gasteiger charge is -2.31. The van der Waals surface area contributed by atoms with Gasteiger partial charge in [0.15, 0.2) is 12.6 Å². The van der Waals surface area contributed by atoms with Crippen LogP contribution in [0, 0.1) is 11.8 Å². The van der Waals surface area contributed by atoms with Gasteiger partial charge in [-0.15, -0.1) is 0 Å². The van der Waals surface area contributed by atoms with Crippen molar-refractivity contribution < 1.29 is 55.6 Å². The van der Waals surface area contributed by atoms with E-state index in [0.717, 1.165) is 37.8 Å². The van der Waals surface area contributed by atoms with Gasteiger partial charge in [-0.05, 0) is 87.7 Å². The van der Waals surface area contributed by atoms with Crippen molar-refractivity contribution in [1.82, 2.24) is 14.5 Å². The molecule has 322 valence electrons. The fourth-order valence-corrected chi connectivity index (χ4v) is 9.27. The number of alkyl carbamates (subject to hydrolysis) is 1. The molecule has 0 aromatic heterocycles. The number of carbonyl (C=O) groups is 1. The Bertz CT molecular complexity index is 1630. The minimum atomic E-state index is -4.15. The molecule has 0 aliphatic carbocycles. The van der Waals surface area contributed by atoms with E-state index < -0.39 is 48.3 Å². The van der Waals surface area contributed by atoms with Crippen LogP contribution < -0.4 is 14.8 Å². The molecule has 0 saturated carbocycles. The molecule has 1 unspecified atom stereocenters. The van der Waals surface area contributed by atoms with Crippen molar-refractivity contribution in [3.05, 3.63) is 54.1 Å². The minimum Gasteiger partial charge on any atom is -0.492 e. The number of sulfonamides is 1. The number of nitrogens with zero attached hydrogens (tertiary/aromatic N) is 2. The number of carbonyl (C=O) groups excluding carboxylic acids is 1. The predicted octanol–water partition coefficient (Wildman–Crippen LogP) is 5.90. The Morgan fingerprint density at radius 3 is 2.18 bits per heavy atom. The van der Waals surface area contributed by atoms with Crippen LogP contribution in [0.1, 0.15) is 65.4 Å². The molecule has 2 heterocycles. The van der Waals surface area contributed by atoms with Crippen molar-refractivity contribution in [1.29, 1.82) is 0 Å². The van der Waals surface area contributed by atoms with Crippen LogP contribution in [0.25, 0.3) is 0 Å². The number of rotatable bonds is 26. The summed E-state index contributed by atoms with van der Waals surface area (Å²) in [5, 5.41) is 14.6. The van der Waals surface area contributed by atoms with Crippen LogP contribution in [0.3, 0.4) is 0 Å². The first kappa shape index (κ1) is 46.9. The average molecular weight is 842 g/mol. The van der Waals surface area contributed by atoms with Crippen molar-refractivity contribution >= 4 is 23.7 Å². The number of ether oxygens (including phenoxy) is 5. The Balaban J connectivity index is 1.48. The van der Waals surface area contributed by atoms with E-state index in [2.05, 4.69) is 5.32 Å². The molecule has 0 bridgehead atoms. The van der Waals surface area contributed by atoms with Gasteiger partial charge in [-0.1, -0.05) is 52.7 Å². The lowest BCUT2D eigenvalue weighted by atomic mass is 10.0. The lowest BCUT2D eigenvalue weighted by molar-refractivity contribution is -0.0907. The number of fused-ring (bicyclic) bond motifs is 1. The molecule has 4 rings (SSSR count). The van der Waals surface area contributed by atoms with Crippen LogP contribution >= 0.6 is 7.60 Å². The number of nitrogens with one attached hydrogen (secondary N) is 1. The molecule has 17 heteroatoms. The Morgan fingerprint density at radius 2 is 1.56 bits per heavy atom. The number of hydrogen-bond donors (Lipinski definition) is 2. The van der Waals surface area contributed by atoms with Gasteiger partial charge in [-0.3, -0.25) is 4.57 Å². The zero-order valence-corrected chi connectivity index (χ0v) is 36.1. The van der Waals surface area contributed by atoms with Crippen molar-refractivity contribution in [2.24, 2.45) is 11.8 Å². The highest BCUT2D eigenvalue weighted by Gasteiger charge is 2.44. The van der Waals surface area contributed by atoms with Gasteiger partial charge < -0.3 is 48.1 Å². The zero-order valence-electron chi connectivity index (χ0n) is 34.4. The van der Waals surface area contributed by atoms with Crippen LogP contribution in [0.15, 0.2) is 53.4 Å². The van der Waals surface area contributed by atoms with Gasteiger partial charge in [0.05, 0.1) is 49.4 Å². The van der Waals surface area contributed by atoms with Gasteiger partial charge in [0, 0.05) is 19.6 Å². The molecule has 2 saturated heterocycles. The normalized spacial score (nSPS) is 19.5. The van der Waals surface area contributed by atoms with Crippen molar-refractivity contribution in [2.75, 3.05) is 73.1 Å². The van der Waals surface area contributed by atoms with E-state index in [4.69, 9.17) is 32.7 Å². The first-order valence-electron chi connectivity index (χ1n) is 20.1. The van der Waals surface area contributed by atoms with Gasteiger partial charge in [0.25, 0.3) is 0 Å². The number of aliphatic hydroxyl groups excluding tert-OH is 1. The van der Waals surface area contributed by atoms with E-state index in [9.17, 15) is 22.9 Å². The summed E-state index contributed by atoms with van der Waals surface area (Å²) in [6, 6.07) is 12.2. The Hall–Kier alpha value is -2.79. The predicted molar refractivity (Wildman–Crippen MR) is 216 cm³/mol. The van der Waals surface area contributed by atoms with Gasteiger partial charge in [-0.25, -0.2) is 13.2 Å². The monoisotopic (exact) mass is 841 g/mol. The van der Waals surface area contributed by atoms with Gasteiger partial charge in [-0.2, -0.15) is 4.31 Å². The standard InChI is InChI=1S/C40H64N3O12PS/c1-7-9-21-53-56(46,54-22-10-8-2)29-52-33-15-17-34(18-16-33)57(47,48)43(26-30(3)4)27-37(44)36(25-31-11-13-32(14-12-31)49-24-20-42(5)6)41-40(45)55-38-28-51-39-35(38)19-23-50-39/h11-18,30,35-39,44H,7-10,19-29H2,1-6H3,(H,41,45)/t35-,36-,37+,38?,39+/m0/s1. The Morgan fingerprint density at radius 1 is 0.930 bits per heavy atom. The average Bonchev–Trinajstić information content (AvgIpc) is 3.79. The van der Waals surface area contributed by atoms with Crippen LogP contribution in [-0.4, -0.2) is 126 Å². The quantitative estimate of drug-likeness (QED) is 0.0849. The van der Waals surface area contributed by atoms with Gasteiger partial charge >= 0.3 is 13.7 Å². The summed E-state index contributed by atoms with van der Waals surface area (Å²) in [5.74, 6) is 0.803. The highest BCUT2D eigenvalue weighted by molar-refractivity contribution is 7.89. The number of benzene rings is 2. The topological polar surface area (TPSA) is 172 Å². The third-order valence-corrected chi connectivity index (χ3v) is 13.0. The number of unbranched alkanes of at least 4 members (excludes halogenated alkanes) is 2. The molecule has 0 spiro atoms. The van der Waals surface area contributed by atoms with Gasteiger partial charge in [0.1, 0.15) is 24.2 Å². The fourth-order valence-electron chi connectivity index (χ4n) is 6.31. The molecule has 2 fully saturated rings. The summed E-state index contributed by atoms with van der Waals surface area (Å²) in [7, 11) is -3.76. The summed E-state index contributed by atoms with van der Waals surface area (Å²) in [6.45, 7) is 10.1. The van der Waals surface area contributed by atoms with E-state index in [0.29, 0.717) is 31.1 Å². The minimum absolute atomic E-state index is 0.0207. The van der Waals surface area contributed by atoms with E-state index in [-0.39, 0.29) is 62.4 Å². The molecular weight excluding hydrogens is 777 g/mol. The number of amides is 1. The van der Waals surface area contributed by atoms with E-state index >= 15 is 0 Å². The second kappa shape index (κ2) is 23.1. The molecule has 2 aromatic rings. The van der Waals surface area contributed by atoms with Crippen molar-refractivity contribution in [3.8, 4) is 11.5 Å². The lowest BCUT2D eigenvalue weighted by Crippen LogP contribution is -2.51. The van der Waals surface area contributed by atoms with Crippen LogP contribution in [0.5, 0.6) is 11.5 Å². The van der Waals surface area contributed by atoms with E-state index in [1.54, 1.807) is 0 Å². The zero-order chi connectivity index (χ0) is 41.4. The number of hydrogen-bond acceptors (Lipinski definition) is 13. The molecule has 57 heavy (non-hydrogen) atoms. The molecule has 2 aliphatic rings. The number of aliphatic hydroxyl groups is 1. The summed E-state index contributed by atoms with van der Waals surface area (Å²) in [4.78, 5) is 15.3. The Kier molecular flexibility index (Phi) is 19.0. The maximum atomic E-state index is 14.2. The molecule has 0 radical (unpaired) electrons. The summed E-state index contributed by atoms with van der Waals surface area (Å²) in [5.41, 5.74) is 0.790. The third kappa shape index (κ3) is 15.1. The largest absolute Gasteiger partial charge is 0.492 e.